The molecular formula is C26H32N2O2. The molecule has 0 unspecified atom stereocenters. The minimum absolute atomic E-state index is 0.753. The van der Waals surface area contributed by atoms with Gasteiger partial charge in [0.25, 0.3) is 0 Å². The minimum atomic E-state index is 0.753. The van der Waals surface area contributed by atoms with Crippen LogP contribution in [0.2, 0.25) is 0 Å². The lowest BCUT2D eigenvalue weighted by atomic mass is 10.0. The van der Waals surface area contributed by atoms with E-state index in [1.165, 1.54) is 54.7 Å². The first kappa shape index (κ1) is 20.5. The van der Waals surface area contributed by atoms with Crippen molar-refractivity contribution in [2.45, 2.75) is 32.7 Å². The molecule has 2 aromatic carbocycles. The van der Waals surface area contributed by atoms with E-state index in [0.717, 1.165) is 31.2 Å². The van der Waals surface area contributed by atoms with Crippen LogP contribution in [0.4, 0.5) is 0 Å². The summed E-state index contributed by atoms with van der Waals surface area (Å²) in [5.74, 6) is 1.82. The Morgan fingerprint density at radius 3 is 2.13 bits per heavy atom. The predicted molar refractivity (Wildman–Crippen MR) is 123 cm³/mol. The summed E-state index contributed by atoms with van der Waals surface area (Å²) >= 11 is 0. The van der Waals surface area contributed by atoms with Crippen LogP contribution in [-0.2, 0) is 6.54 Å². The van der Waals surface area contributed by atoms with E-state index in [1.807, 2.05) is 12.1 Å². The summed E-state index contributed by atoms with van der Waals surface area (Å²) in [7, 11) is 1.70. The van der Waals surface area contributed by atoms with E-state index in [2.05, 4.69) is 65.1 Å². The average Bonchev–Trinajstić information content (AvgIpc) is 3.24. The van der Waals surface area contributed by atoms with Gasteiger partial charge >= 0.3 is 0 Å². The van der Waals surface area contributed by atoms with Crippen molar-refractivity contribution in [2.75, 3.05) is 33.4 Å². The molecule has 0 aliphatic carbocycles. The van der Waals surface area contributed by atoms with Gasteiger partial charge in [0.05, 0.1) is 12.8 Å². The van der Waals surface area contributed by atoms with E-state index in [9.17, 15) is 0 Å². The number of likely N-dealkylation sites (tertiary alicyclic amines) is 1. The molecule has 1 aliphatic rings. The normalized spacial score (nSPS) is 14.6. The average molecular weight is 405 g/mol. The van der Waals surface area contributed by atoms with E-state index in [4.69, 9.17) is 9.47 Å². The number of methoxy groups -OCH3 is 1. The Labute approximate surface area is 180 Å². The number of piperidine rings is 1. The van der Waals surface area contributed by atoms with Gasteiger partial charge in [0, 0.05) is 24.8 Å². The van der Waals surface area contributed by atoms with Crippen molar-refractivity contribution in [3.63, 3.8) is 0 Å². The SMILES string of the molecule is CCn1ccc(-c2ccc(OCCN3CCCCC3)cc2)c1-c1ccc(OC)cc1. The van der Waals surface area contributed by atoms with E-state index in [1.54, 1.807) is 7.11 Å². The third kappa shape index (κ3) is 4.71. The highest BCUT2D eigenvalue weighted by atomic mass is 16.5. The van der Waals surface area contributed by atoms with Crippen LogP contribution in [0.25, 0.3) is 22.4 Å². The second-order valence-electron chi connectivity index (χ2n) is 7.87. The van der Waals surface area contributed by atoms with Crippen molar-refractivity contribution in [1.29, 1.82) is 0 Å². The second-order valence-corrected chi connectivity index (χ2v) is 7.87. The third-order valence-electron chi connectivity index (χ3n) is 5.96. The van der Waals surface area contributed by atoms with Crippen LogP contribution >= 0.6 is 0 Å². The number of hydrogen-bond donors (Lipinski definition) is 0. The van der Waals surface area contributed by atoms with E-state index < -0.39 is 0 Å². The number of aromatic nitrogens is 1. The standard InChI is InChI=1S/C26H32N2O2/c1-3-28-18-15-25(26(28)22-9-11-23(29-2)12-10-22)21-7-13-24(14-8-21)30-20-19-27-16-5-4-6-17-27/h7-15,18H,3-6,16-17,19-20H2,1-2H3. The van der Waals surface area contributed by atoms with Crippen LogP contribution in [0.5, 0.6) is 11.5 Å². The molecule has 4 nitrogen and oxygen atoms in total. The monoisotopic (exact) mass is 404 g/mol. The molecule has 1 aromatic heterocycles. The molecule has 0 atom stereocenters. The molecule has 0 radical (unpaired) electrons. The van der Waals surface area contributed by atoms with Crippen LogP contribution in [0, 0.1) is 0 Å². The highest BCUT2D eigenvalue weighted by molar-refractivity contribution is 5.82. The van der Waals surface area contributed by atoms with Gasteiger partial charge in [0.1, 0.15) is 18.1 Å². The number of ether oxygens (including phenoxy) is 2. The lowest BCUT2D eigenvalue weighted by molar-refractivity contribution is 0.183. The first-order valence-electron chi connectivity index (χ1n) is 11.1. The van der Waals surface area contributed by atoms with Gasteiger partial charge in [-0.3, -0.25) is 4.90 Å². The fourth-order valence-corrected chi connectivity index (χ4v) is 4.25. The molecule has 2 heterocycles. The Bertz CT molecular complexity index is 923. The summed E-state index contributed by atoms with van der Waals surface area (Å²) in [6.45, 7) is 7.30. The van der Waals surface area contributed by atoms with Gasteiger partial charge in [-0.15, -0.1) is 0 Å². The van der Waals surface area contributed by atoms with E-state index >= 15 is 0 Å². The van der Waals surface area contributed by atoms with Gasteiger partial charge in [-0.1, -0.05) is 18.6 Å². The van der Waals surface area contributed by atoms with Crippen LogP contribution in [0.1, 0.15) is 26.2 Å². The van der Waals surface area contributed by atoms with Crippen molar-refractivity contribution < 1.29 is 9.47 Å². The molecule has 1 fully saturated rings. The smallest absolute Gasteiger partial charge is 0.119 e. The van der Waals surface area contributed by atoms with Crippen LogP contribution in [-0.4, -0.2) is 42.8 Å². The molecule has 4 heteroatoms. The van der Waals surface area contributed by atoms with Crippen molar-refractivity contribution in [3.8, 4) is 33.9 Å². The Morgan fingerprint density at radius 1 is 0.800 bits per heavy atom. The van der Waals surface area contributed by atoms with E-state index in [-0.39, 0.29) is 0 Å². The lowest BCUT2D eigenvalue weighted by Crippen LogP contribution is -2.33. The Kier molecular flexibility index (Phi) is 6.75. The molecule has 3 aromatic rings. The van der Waals surface area contributed by atoms with Crippen LogP contribution < -0.4 is 9.47 Å². The van der Waals surface area contributed by atoms with Gasteiger partial charge in [-0.25, -0.2) is 0 Å². The highest BCUT2D eigenvalue weighted by Gasteiger charge is 2.13. The number of rotatable bonds is 8. The predicted octanol–water partition coefficient (Wildman–Crippen LogP) is 5.72. The summed E-state index contributed by atoms with van der Waals surface area (Å²) in [6, 6.07) is 19.0. The minimum Gasteiger partial charge on any atom is -0.497 e. The molecule has 1 saturated heterocycles. The Morgan fingerprint density at radius 2 is 1.47 bits per heavy atom. The molecule has 4 rings (SSSR count). The van der Waals surface area contributed by atoms with Crippen LogP contribution in [0.15, 0.2) is 60.8 Å². The summed E-state index contributed by atoms with van der Waals surface area (Å²) < 4.78 is 13.6. The molecule has 0 saturated carbocycles. The zero-order valence-corrected chi connectivity index (χ0v) is 18.1. The summed E-state index contributed by atoms with van der Waals surface area (Å²) in [5, 5.41) is 0. The summed E-state index contributed by atoms with van der Waals surface area (Å²) in [6.07, 6.45) is 6.18. The fraction of sp³-hybridized carbons (Fsp3) is 0.385. The van der Waals surface area contributed by atoms with Crippen molar-refractivity contribution in [1.82, 2.24) is 9.47 Å². The van der Waals surface area contributed by atoms with Gasteiger partial charge < -0.3 is 14.0 Å². The largest absolute Gasteiger partial charge is 0.497 e. The second kappa shape index (κ2) is 9.86. The van der Waals surface area contributed by atoms with Crippen LogP contribution in [0.3, 0.4) is 0 Å². The maximum atomic E-state index is 6.01. The maximum absolute atomic E-state index is 6.01. The van der Waals surface area contributed by atoms with Gasteiger partial charge in [-0.05, 0) is 86.4 Å². The number of benzene rings is 2. The lowest BCUT2D eigenvalue weighted by Gasteiger charge is -2.26. The van der Waals surface area contributed by atoms with Crippen molar-refractivity contribution in [2.24, 2.45) is 0 Å². The van der Waals surface area contributed by atoms with E-state index in [0.29, 0.717) is 0 Å². The zero-order chi connectivity index (χ0) is 20.8. The quantitative estimate of drug-likeness (QED) is 0.481. The summed E-state index contributed by atoms with van der Waals surface area (Å²) in [4.78, 5) is 2.51. The molecule has 0 amide bonds. The number of aryl methyl sites for hydroxylation is 1. The molecular weight excluding hydrogens is 372 g/mol. The zero-order valence-electron chi connectivity index (χ0n) is 18.1. The third-order valence-corrected chi connectivity index (χ3v) is 5.96. The topological polar surface area (TPSA) is 26.6 Å². The van der Waals surface area contributed by atoms with Gasteiger partial charge in [0.2, 0.25) is 0 Å². The maximum Gasteiger partial charge on any atom is 0.119 e. The van der Waals surface area contributed by atoms with Gasteiger partial charge in [-0.2, -0.15) is 0 Å². The van der Waals surface area contributed by atoms with Crippen molar-refractivity contribution >= 4 is 0 Å². The molecule has 1 aliphatic heterocycles. The number of hydrogen-bond acceptors (Lipinski definition) is 3. The van der Waals surface area contributed by atoms with Gasteiger partial charge in [0.15, 0.2) is 0 Å². The molecule has 30 heavy (non-hydrogen) atoms. The molecule has 158 valence electrons. The first-order chi connectivity index (χ1) is 14.8. The van der Waals surface area contributed by atoms with Crippen molar-refractivity contribution in [3.05, 3.63) is 60.8 Å². The first-order valence-corrected chi connectivity index (χ1v) is 11.1. The molecule has 0 bridgehead atoms. The number of nitrogens with zero attached hydrogens (tertiary/aromatic N) is 2. The Hall–Kier alpha value is -2.72. The Balaban J connectivity index is 1.47. The fourth-order valence-electron chi connectivity index (χ4n) is 4.25. The summed E-state index contributed by atoms with van der Waals surface area (Å²) in [5.41, 5.74) is 4.87. The highest BCUT2D eigenvalue weighted by Crippen LogP contribution is 2.35. The molecule has 0 spiro atoms. The molecule has 0 N–H and O–H groups in total.